The fourth-order valence-corrected chi connectivity index (χ4v) is 4.56. The Balaban J connectivity index is 1.53. The number of carbonyl (C=O) groups excluding carboxylic acids is 1. The second kappa shape index (κ2) is 7.60. The van der Waals surface area contributed by atoms with Crippen molar-refractivity contribution in [1.29, 1.82) is 0 Å². The quantitative estimate of drug-likeness (QED) is 0.561. The van der Waals surface area contributed by atoms with E-state index in [4.69, 9.17) is 4.98 Å². The number of amides is 2. The summed E-state index contributed by atoms with van der Waals surface area (Å²) in [5, 5.41) is 6.09. The van der Waals surface area contributed by atoms with Gasteiger partial charge in [-0.25, -0.2) is 9.78 Å². The van der Waals surface area contributed by atoms with Gasteiger partial charge in [-0.1, -0.05) is 42.5 Å². The number of rotatable bonds is 3. The van der Waals surface area contributed by atoms with Crippen LogP contribution in [0.25, 0.3) is 11.3 Å². The Morgan fingerprint density at radius 2 is 1.92 bits per heavy atom. The van der Waals surface area contributed by atoms with Crippen LogP contribution in [0.3, 0.4) is 0 Å². The number of carbonyl (C=O) groups is 1. The normalized spacial score (nSPS) is 16.7. The molecule has 0 aliphatic carbocycles. The zero-order valence-electron chi connectivity index (χ0n) is 14.1. The lowest BCUT2D eigenvalue weighted by Crippen LogP contribution is -2.34. The number of likely N-dealkylation sites (tertiary alicyclic amines) is 1. The zero-order valence-corrected chi connectivity index (χ0v) is 16.5. The summed E-state index contributed by atoms with van der Waals surface area (Å²) in [4.78, 5) is 19.5. The van der Waals surface area contributed by atoms with Crippen LogP contribution < -0.4 is 5.32 Å². The highest BCUT2D eigenvalue weighted by Crippen LogP contribution is 2.36. The molecule has 2 heterocycles. The topological polar surface area (TPSA) is 45.2 Å². The number of urea groups is 1. The lowest BCUT2D eigenvalue weighted by Gasteiger charge is -2.23. The Morgan fingerprint density at radius 3 is 2.73 bits per heavy atom. The molecule has 0 radical (unpaired) electrons. The van der Waals surface area contributed by atoms with Crippen LogP contribution >= 0.6 is 27.3 Å². The number of benzene rings is 2. The summed E-state index contributed by atoms with van der Waals surface area (Å²) >= 11 is 5.11. The lowest BCUT2D eigenvalue weighted by molar-refractivity contribution is 0.207. The van der Waals surface area contributed by atoms with E-state index in [1.807, 2.05) is 47.4 Å². The second-order valence-electron chi connectivity index (χ2n) is 6.20. The molecule has 1 aliphatic rings. The SMILES string of the molecule is O=C(Nc1ccccc1Br)N1CCC[C@H]1c1nc(-c2ccccc2)cs1. The molecule has 4 nitrogen and oxygen atoms in total. The predicted octanol–water partition coefficient (Wildman–Crippen LogP) is 5.94. The van der Waals surface area contributed by atoms with E-state index in [0.29, 0.717) is 0 Å². The van der Waals surface area contributed by atoms with Crippen molar-refractivity contribution in [3.05, 3.63) is 69.5 Å². The molecular weight excluding hydrogens is 410 g/mol. The smallest absolute Gasteiger partial charge is 0.315 e. The number of halogens is 1. The van der Waals surface area contributed by atoms with Crippen molar-refractivity contribution in [3.8, 4) is 11.3 Å². The van der Waals surface area contributed by atoms with Crippen LogP contribution in [0.15, 0.2) is 64.5 Å². The fraction of sp³-hybridized carbons (Fsp3) is 0.200. The van der Waals surface area contributed by atoms with Gasteiger partial charge in [0.05, 0.1) is 17.4 Å². The Bertz CT molecular complexity index is 912. The van der Waals surface area contributed by atoms with Gasteiger partial charge in [-0.3, -0.25) is 0 Å². The largest absolute Gasteiger partial charge is 0.322 e. The van der Waals surface area contributed by atoms with E-state index in [0.717, 1.165) is 45.8 Å². The maximum atomic E-state index is 12.8. The van der Waals surface area contributed by atoms with Gasteiger partial charge in [0.25, 0.3) is 0 Å². The van der Waals surface area contributed by atoms with Crippen molar-refractivity contribution in [2.24, 2.45) is 0 Å². The predicted molar refractivity (Wildman–Crippen MR) is 109 cm³/mol. The molecule has 4 rings (SSSR count). The molecular formula is C20H18BrN3OS. The summed E-state index contributed by atoms with van der Waals surface area (Å²) in [6, 6.07) is 17.8. The van der Waals surface area contributed by atoms with Crippen molar-refractivity contribution < 1.29 is 4.79 Å². The summed E-state index contributed by atoms with van der Waals surface area (Å²) in [6.45, 7) is 0.751. The van der Waals surface area contributed by atoms with Gasteiger partial charge in [-0.2, -0.15) is 0 Å². The molecule has 0 spiro atoms. The van der Waals surface area contributed by atoms with E-state index in [1.165, 1.54) is 0 Å². The molecule has 0 saturated carbocycles. The Kier molecular flexibility index (Phi) is 5.04. The number of hydrogen-bond acceptors (Lipinski definition) is 3. The third-order valence-electron chi connectivity index (χ3n) is 4.51. The van der Waals surface area contributed by atoms with Gasteiger partial charge in [-0.15, -0.1) is 11.3 Å². The minimum Gasteiger partial charge on any atom is -0.315 e. The van der Waals surface area contributed by atoms with Gasteiger partial charge >= 0.3 is 6.03 Å². The number of hydrogen-bond donors (Lipinski definition) is 1. The molecule has 1 N–H and O–H groups in total. The van der Waals surface area contributed by atoms with Crippen molar-refractivity contribution in [1.82, 2.24) is 9.88 Å². The van der Waals surface area contributed by atoms with Gasteiger partial charge in [0.1, 0.15) is 5.01 Å². The highest BCUT2D eigenvalue weighted by Gasteiger charge is 2.32. The van der Waals surface area contributed by atoms with E-state index in [1.54, 1.807) is 11.3 Å². The van der Waals surface area contributed by atoms with Gasteiger partial charge in [0, 0.05) is 22.0 Å². The van der Waals surface area contributed by atoms with E-state index >= 15 is 0 Å². The molecule has 1 aliphatic heterocycles. The summed E-state index contributed by atoms with van der Waals surface area (Å²) in [5.41, 5.74) is 2.87. The number of nitrogens with one attached hydrogen (secondary N) is 1. The molecule has 26 heavy (non-hydrogen) atoms. The molecule has 0 bridgehead atoms. The second-order valence-corrected chi connectivity index (χ2v) is 7.94. The first-order valence-electron chi connectivity index (χ1n) is 8.55. The summed E-state index contributed by atoms with van der Waals surface area (Å²) in [6.07, 6.45) is 1.94. The Morgan fingerprint density at radius 1 is 1.15 bits per heavy atom. The maximum Gasteiger partial charge on any atom is 0.322 e. The summed E-state index contributed by atoms with van der Waals surface area (Å²) in [5.74, 6) is 0. The molecule has 2 amide bonds. The first-order valence-corrected chi connectivity index (χ1v) is 10.2. The molecule has 6 heteroatoms. The van der Waals surface area contributed by atoms with Gasteiger partial charge < -0.3 is 10.2 Å². The van der Waals surface area contributed by atoms with Crippen molar-refractivity contribution in [2.75, 3.05) is 11.9 Å². The molecule has 1 fully saturated rings. The third-order valence-corrected chi connectivity index (χ3v) is 6.14. The first-order chi connectivity index (χ1) is 12.7. The lowest BCUT2D eigenvalue weighted by atomic mass is 10.2. The number of thiazole rings is 1. The van der Waals surface area contributed by atoms with Crippen molar-refractivity contribution >= 4 is 39.0 Å². The highest BCUT2D eigenvalue weighted by atomic mass is 79.9. The molecule has 1 saturated heterocycles. The monoisotopic (exact) mass is 427 g/mol. The molecule has 3 aromatic rings. The van der Waals surface area contributed by atoms with Crippen LogP contribution in [-0.2, 0) is 0 Å². The summed E-state index contributed by atoms with van der Waals surface area (Å²) < 4.78 is 0.879. The van der Waals surface area contributed by atoms with E-state index in [9.17, 15) is 4.79 Å². The fourth-order valence-electron chi connectivity index (χ4n) is 3.20. The van der Waals surface area contributed by atoms with Gasteiger partial charge in [0.15, 0.2) is 0 Å². The van der Waals surface area contributed by atoms with Crippen molar-refractivity contribution in [3.63, 3.8) is 0 Å². The van der Waals surface area contributed by atoms with Crippen LogP contribution in [0.2, 0.25) is 0 Å². The number of aromatic nitrogens is 1. The van der Waals surface area contributed by atoms with E-state index in [2.05, 4.69) is 38.8 Å². The molecule has 1 atom stereocenters. The van der Waals surface area contributed by atoms with Crippen LogP contribution in [-0.4, -0.2) is 22.5 Å². The van der Waals surface area contributed by atoms with E-state index in [-0.39, 0.29) is 12.1 Å². The Hall–Kier alpha value is -2.18. The average Bonchev–Trinajstić information content (AvgIpc) is 3.33. The van der Waals surface area contributed by atoms with Crippen LogP contribution in [0.1, 0.15) is 23.9 Å². The molecule has 1 aromatic heterocycles. The van der Waals surface area contributed by atoms with Gasteiger partial charge in [0.2, 0.25) is 0 Å². The zero-order chi connectivity index (χ0) is 17.9. The maximum absolute atomic E-state index is 12.8. The molecule has 0 unspecified atom stereocenters. The standard InChI is InChI=1S/C20H18BrN3OS/c21-15-9-4-5-10-16(15)23-20(25)24-12-6-11-18(24)19-22-17(13-26-19)14-7-2-1-3-8-14/h1-5,7-10,13,18H,6,11-12H2,(H,23,25)/t18-/m0/s1. The number of anilines is 1. The Labute approximate surface area is 165 Å². The van der Waals surface area contributed by atoms with Crippen LogP contribution in [0, 0.1) is 0 Å². The van der Waals surface area contributed by atoms with E-state index < -0.39 is 0 Å². The molecule has 132 valence electrons. The van der Waals surface area contributed by atoms with Crippen LogP contribution in [0.5, 0.6) is 0 Å². The van der Waals surface area contributed by atoms with Gasteiger partial charge in [-0.05, 0) is 40.9 Å². The average molecular weight is 428 g/mol. The third kappa shape index (κ3) is 3.52. The van der Waals surface area contributed by atoms with Crippen LogP contribution in [0.4, 0.5) is 10.5 Å². The minimum absolute atomic E-state index is 0.0416. The summed E-state index contributed by atoms with van der Waals surface area (Å²) in [7, 11) is 0. The first kappa shape index (κ1) is 17.2. The molecule has 2 aromatic carbocycles. The minimum atomic E-state index is -0.0733. The van der Waals surface area contributed by atoms with Crippen molar-refractivity contribution in [2.45, 2.75) is 18.9 Å². The number of para-hydroxylation sites is 1. The number of nitrogens with zero attached hydrogens (tertiary/aromatic N) is 2. The highest BCUT2D eigenvalue weighted by molar-refractivity contribution is 9.10.